The van der Waals surface area contributed by atoms with Gasteiger partial charge in [0.1, 0.15) is 5.25 Å². The van der Waals surface area contributed by atoms with Crippen molar-refractivity contribution in [1.82, 2.24) is 4.98 Å². The van der Waals surface area contributed by atoms with Crippen molar-refractivity contribution in [3.8, 4) is 0 Å². The van der Waals surface area contributed by atoms with Gasteiger partial charge in [0.15, 0.2) is 0 Å². The number of carbonyl (C=O) groups excluding carboxylic acids is 1. The van der Waals surface area contributed by atoms with E-state index in [2.05, 4.69) is 10.3 Å². The van der Waals surface area contributed by atoms with E-state index in [1.165, 1.54) is 36.0 Å². The van der Waals surface area contributed by atoms with Crippen LogP contribution in [0.25, 0.3) is 0 Å². The van der Waals surface area contributed by atoms with Crippen molar-refractivity contribution in [1.29, 1.82) is 0 Å². The fourth-order valence-electron chi connectivity index (χ4n) is 2.37. The second-order valence-corrected chi connectivity index (χ2v) is 8.32. The van der Waals surface area contributed by atoms with Crippen LogP contribution in [0.2, 0.25) is 0 Å². The van der Waals surface area contributed by atoms with Crippen LogP contribution in [-0.4, -0.2) is 19.3 Å². The Bertz CT molecular complexity index is 1010. The SMILES string of the molecule is NS(=O)(=O)c1ccc(NC(=O)[C@@H](Sc2ccccn2)c2ccccc2)cc1. The van der Waals surface area contributed by atoms with E-state index >= 15 is 0 Å². The zero-order chi connectivity index (χ0) is 19.3. The van der Waals surface area contributed by atoms with E-state index in [-0.39, 0.29) is 10.8 Å². The number of carbonyl (C=O) groups is 1. The van der Waals surface area contributed by atoms with Gasteiger partial charge in [-0.25, -0.2) is 18.5 Å². The van der Waals surface area contributed by atoms with Crippen LogP contribution in [0.4, 0.5) is 5.69 Å². The van der Waals surface area contributed by atoms with Gasteiger partial charge >= 0.3 is 0 Å². The van der Waals surface area contributed by atoms with E-state index in [1.54, 1.807) is 6.20 Å². The van der Waals surface area contributed by atoms with Gasteiger partial charge in [0.25, 0.3) is 0 Å². The topological polar surface area (TPSA) is 102 Å². The van der Waals surface area contributed by atoms with E-state index in [0.29, 0.717) is 5.69 Å². The molecule has 1 heterocycles. The molecular formula is C19H17N3O3S2. The molecule has 0 saturated heterocycles. The number of nitrogens with zero attached hydrogens (tertiary/aromatic N) is 1. The Hall–Kier alpha value is -2.68. The van der Waals surface area contributed by atoms with Gasteiger partial charge in [0, 0.05) is 11.9 Å². The molecule has 0 aliphatic rings. The van der Waals surface area contributed by atoms with Gasteiger partial charge in [-0.1, -0.05) is 48.2 Å². The average molecular weight is 399 g/mol. The lowest BCUT2D eigenvalue weighted by atomic mass is 10.1. The number of anilines is 1. The highest BCUT2D eigenvalue weighted by Gasteiger charge is 2.22. The summed E-state index contributed by atoms with van der Waals surface area (Å²) in [6, 6.07) is 20.6. The van der Waals surface area contributed by atoms with Crippen molar-refractivity contribution in [2.24, 2.45) is 5.14 Å². The summed E-state index contributed by atoms with van der Waals surface area (Å²) in [5.41, 5.74) is 1.32. The van der Waals surface area contributed by atoms with E-state index in [1.807, 2.05) is 48.5 Å². The summed E-state index contributed by atoms with van der Waals surface area (Å²) in [7, 11) is -3.77. The quantitative estimate of drug-likeness (QED) is 0.620. The highest BCUT2D eigenvalue weighted by atomic mass is 32.2. The molecule has 1 aromatic heterocycles. The summed E-state index contributed by atoms with van der Waals surface area (Å²) >= 11 is 1.34. The Morgan fingerprint density at radius 3 is 2.22 bits per heavy atom. The fraction of sp³-hybridized carbons (Fsp3) is 0.0526. The number of hydrogen-bond donors (Lipinski definition) is 2. The van der Waals surface area contributed by atoms with Crippen molar-refractivity contribution in [3.63, 3.8) is 0 Å². The van der Waals surface area contributed by atoms with Crippen LogP contribution >= 0.6 is 11.8 Å². The molecule has 27 heavy (non-hydrogen) atoms. The second kappa shape index (κ2) is 8.34. The Labute approximate surface area is 161 Å². The molecule has 6 nitrogen and oxygen atoms in total. The van der Waals surface area contributed by atoms with Crippen LogP contribution in [0.1, 0.15) is 10.8 Å². The number of amides is 1. The lowest BCUT2D eigenvalue weighted by molar-refractivity contribution is -0.115. The third-order valence-electron chi connectivity index (χ3n) is 3.67. The van der Waals surface area contributed by atoms with Gasteiger partial charge in [0.05, 0.1) is 9.92 Å². The predicted molar refractivity (Wildman–Crippen MR) is 106 cm³/mol. The summed E-state index contributed by atoms with van der Waals surface area (Å²) in [4.78, 5) is 17.2. The van der Waals surface area contributed by atoms with Crippen molar-refractivity contribution in [2.75, 3.05) is 5.32 Å². The zero-order valence-corrected chi connectivity index (χ0v) is 15.8. The number of sulfonamides is 1. The molecule has 0 unspecified atom stereocenters. The average Bonchev–Trinajstić information content (AvgIpc) is 2.67. The first-order valence-corrected chi connectivity index (χ1v) is 10.4. The van der Waals surface area contributed by atoms with Gasteiger partial charge in [-0.15, -0.1) is 0 Å². The highest BCUT2D eigenvalue weighted by Crippen LogP contribution is 2.35. The molecule has 0 spiro atoms. The molecule has 1 amide bonds. The number of nitrogens with two attached hydrogens (primary N) is 1. The lowest BCUT2D eigenvalue weighted by Gasteiger charge is -2.16. The molecule has 0 radical (unpaired) electrons. The third-order valence-corrected chi connectivity index (χ3v) is 5.80. The van der Waals surface area contributed by atoms with Gasteiger partial charge in [-0.05, 0) is 42.0 Å². The van der Waals surface area contributed by atoms with Crippen LogP contribution < -0.4 is 10.5 Å². The molecule has 3 rings (SSSR count). The first kappa shape index (κ1) is 19.1. The summed E-state index contributed by atoms with van der Waals surface area (Å²) in [5.74, 6) is -0.236. The largest absolute Gasteiger partial charge is 0.325 e. The molecule has 0 saturated carbocycles. The molecule has 3 aromatic rings. The first-order valence-electron chi connectivity index (χ1n) is 8.00. The van der Waals surface area contributed by atoms with Gasteiger partial charge in [-0.3, -0.25) is 4.79 Å². The molecule has 0 fully saturated rings. The number of thioether (sulfide) groups is 1. The minimum absolute atomic E-state index is 0.0111. The number of primary sulfonamides is 1. The summed E-state index contributed by atoms with van der Waals surface area (Å²) in [6.45, 7) is 0. The first-order chi connectivity index (χ1) is 12.9. The van der Waals surface area contributed by atoms with Crippen LogP contribution in [0.5, 0.6) is 0 Å². The maximum atomic E-state index is 12.9. The lowest BCUT2D eigenvalue weighted by Crippen LogP contribution is -2.19. The summed E-state index contributed by atoms with van der Waals surface area (Å²) < 4.78 is 22.7. The molecular weight excluding hydrogens is 382 g/mol. The molecule has 1 atom stereocenters. The number of rotatable bonds is 6. The predicted octanol–water partition coefficient (Wildman–Crippen LogP) is 3.20. The number of aromatic nitrogens is 1. The Kier molecular flexibility index (Phi) is 5.90. The second-order valence-electron chi connectivity index (χ2n) is 5.64. The Morgan fingerprint density at radius 1 is 0.963 bits per heavy atom. The van der Waals surface area contributed by atoms with Crippen LogP contribution in [0.3, 0.4) is 0 Å². The zero-order valence-electron chi connectivity index (χ0n) is 14.1. The smallest absolute Gasteiger partial charge is 0.242 e. The standard InChI is InChI=1S/C19H17N3O3S2/c20-27(24,25)16-11-9-15(10-12-16)22-19(23)18(14-6-2-1-3-7-14)26-17-8-4-5-13-21-17/h1-13,18H,(H,22,23)(H2,20,24,25)/t18-/m0/s1. The van der Waals surface area contributed by atoms with Crippen LogP contribution in [0.15, 0.2) is 88.9 Å². The monoisotopic (exact) mass is 399 g/mol. The highest BCUT2D eigenvalue weighted by molar-refractivity contribution is 8.00. The Balaban J connectivity index is 1.82. The maximum Gasteiger partial charge on any atom is 0.242 e. The molecule has 0 aliphatic heterocycles. The van der Waals surface area contributed by atoms with Crippen LogP contribution in [0, 0.1) is 0 Å². The van der Waals surface area contributed by atoms with Gasteiger partial charge in [-0.2, -0.15) is 0 Å². The van der Waals surface area contributed by atoms with Crippen molar-refractivity contribution in [3.05, 3.63) is 84.6 Å². The molecule has 2 aromatic carbocycles. The van der Waals surface area contributed by atoms with E-state index in [4.69, 9.17) is 5.14 Å². The number of nitrogens with one attached hydrogen (secondary N) is 1. The number of hydrogen-bond acceptors (Lipinski definition) is 5. The normalized spacial score (nSPS) is 12.3. The minimum Gasteiger partial charge on any atom is -0.325 e. The van der Waals surface area contributed by atoms with Crippen LogP contribution in [-0.2, 0) is 14.8 Å². The number of pyridine rings is 1. The Morgan fingerprint density at radius 2 is 1.63 bits per heavy atom. The molecule has 0 aliphatic carbocycles. The van der Waals surface area contributed by atoms with Crippen molar-refractivity contribution < 1.29 is 13.2 Å². The van der Waals surface area contributed by atoms with E-state index in [9.17, 15) is 13.2 Å². The molecule has 3 N–H and O–H groups in total. The van der Waals surface area contributed by atoms with Crippen molar-refractivity contribution in [2.45, 2.75) is 15.2 Å². The fourth-order valence-corrected chi connectivity index (χ4v) is 3.87. The van der Waals surface area contributed by atoms with E-state index in [0.717, 1.165) is 10.6 Å². The minimum atomic E-state index is -3.77. The van der Waals surface area contributed by atoms with Gasteiger partial charge < -0.3 is 5.32 Å². The molecule has 8 heteroatoms. The number of benzene rings is 2. The summed E-state index contributed by atoms with van der Waals surface area (Å²) in [6.07, 6.45) is 1.67. The summed E-state index contributed by atoms with van der Waals surface area (Å²) in [5, 5.41) is 8.12. The van der Waals surface area contributed by atoms with Gasteiger partial charge in [0.2, 0.25) is 15.9 Å². The molecule has 138 valence electrons. The maximum absolute atomic E-state index is 12.9. The van der Waals surface area contributed by atoms with E-state index < -0.39 is 15.3 Å². The third kappa shape index (κ3) is 5.16. The molecule has 0 bridgehead atoms. The van der Waals surface area contributed by atoms with Crippen molar-refractivity contribution >= 4 is 33.4 Å².